The molecule has 3 heteroatoms. The lowest BCUT2D eigenvalue weighted by Gasteiger charge is -2.23. The first-order valence-corrected chi connectivity index (χ1v) is 4.92. The van der Waals surface area contributed by atoms with Crippen LogP contribution in [0.15, 0.2) is 12.2 Å². The molecule has 1 aliphatic rings. The van der Waals surface area contributed by atoms with E-state index in [2.05, 4.69) is 11.9 Å². The number of nitrogens with one attached hydrogen (secondary N) is 1. The zero-order valence-electron chi connectivity index (χ0n) is 9.44. The van der Waals surface area contributed by atoms with Crippen LogP contribution in [0.1, 0.15) is 40.5 Å². The van der Waals surface area contributed by atoms with Gasteiger partial charge in [0.2, 0.25) is 0 Å². The van der Waals surface area contributed by atoms with E-state index in [4.69, 9.17) is 4.74 Å². The van der Waals surface area contributed by atoms with Gasteiger partial charge in [0.15, 0.2) is 0 Å². The highest BCUT2D eigenvalue weighted by molar-refractivity contribution is 5.70. The highest BCUT2D eigenvalue weighted by Crippen LogP contribution is 2.41. The van der Waals surface area contributed by atoms with Gasteiger partial charge in [0, 0.05) is 0 Å². The fourth-order valence-electron chi connectivity index (χ4n) is 1.28. The Labute approximate surface area is 85.5 Å². The van der Waals surface area contributed by atoms with Crippen molar-refractivity contribution in [2.24, 2.45) is 0 Å². The lowest BCUT2D eigenvalue weighted by Crippen LogP contribution is -2.41. The van der Waals surface area contributed by atoms with Crippen molar-refractivity contribution in [2.75, 3.05) is 0 Å². The summed E-state index contributed by atoms with van der Waals surface area (Å²) >= 11 is 0. The van der Waals surface area contributed by atoms with Crippen molar-refractivity contribution in [3.63, 3.8) is 0 Å². The highest BCUT2D eigenvalue weighted by atomic mass is 16.6. The monoisotopic (exact) mass is 197 g/mol. The summed E-state index contributed by atoms with van der Waals surface area (Å²) < 4.78 is 5.17. The minimum Gasteiger partial charge on any atom is -0.444 e. The minimum absolute atomic E-state index is 0.178. The number of carbonyl (C=O) groups is 1. The third-order valence-corrected chi connectivity index (χ3v) is 2.31. The van der Waals surface area contributed by atoms with Crippen LogP contribution in [-0.4, -0.2) is 17.2 Å². The van der Waals surface area contributed by atoms with Gasteiger partial charge in [-0.25, -0.2) is 4.79 Å². The van der Waals surface area contributed by atoms with Gasteiger partial charge in [0.1, 0.15) is 5.60 Å². The van der Waals surface area contributed by atoms with Crippen LogP contribution < -0.4 is 5.32 Å². The average Bonchev–Trinajstić information content (AvgIpc) is 2.63. The van der Waals surface area contributed by atoms with Crippen LogP contribution in [-0.2, 0) is 4.74 Å². The summed E-state index contributed by atoms with van der Waals surface area (Å²) in [5.74, 6) is 0. The third-order valence-electron chi connectivity index (χ3n) is 2.31. The summed E-state index contributed by atoms with van der Waals surface area (Å²) in [4.78, 5) is 11.4. The number of alkyl carbamates (subject to hydrolysis) is 1. The van der Waals surface area contributed by atoms with Gasteiger partial charge in [-0.1, -0.05) is 12.2 Å². The van der Waals surface area contributed by atoms with E-state index < -0.39 is 5.60 Å². The molecular weight excluding hydrogens is 178 g/mol. The maximum absolute atomic E-state index is 11.4. The van der Waals surface area contributed by atoms with E-state index in [0.717, 1.165) is 18.4 Å². The standard InChI is InChI=1S/C11H19NO2/c1-8(2)11(6-7-11)12-9(13)14-10(3,4)5/h1,6-7H2,2-5H3,(H,12,13). The number of rotatable bonds is 2. The maximum Gasteiger partial charge on any atom is 0.408 e. The van der Waals surface area contributed by atoms with Crippen LogP contribution in [0.4, 0.5) is 4.79 Å². The Bertz CT molecular complexity index is 259. The molecule has 80 valence electrons. The Morgan fingerprint density at radius 3 is 2.21 bits per heavy atom. The minimum atomic E-state index is -0.435. The molecule has 0 saturated heterocycles. The number of ether oxygens (including phenoxy) is 1. The topological polar surface area (TPSA) is 38.3 Å². The van der Waals surface area contributed by atoms with E-state index in [1.54, 1.807) is 0 Å². The molecule has 0 spiro atoms. The van der Waals surface area contributed by atoms with Gasteiger partial charge in [-0.3, -0.25) is 0 Å². The molecule has 0 atom stereocenters. The van der Waals surface area contributed by atoms with Gasteiger partial charge >= 0.3 is 6.09 Å². The van der Waals surface area contributed by atoms with Crippen LogP contribution in [0.2, 0.25) is 0 Å². The smallest absolute Gasteiger partial charge is 0.408 e. The number of hydrogen-bond donors (Lipinski definition) is 1. The van der Waals surface area contributed by atoms with Gasteiger partial charge in [0.25, 0.3) is 0 Å². The van der Waals surface area contributed by atoms with Crippen LogP contribution in [0.3, 0.4) is 0 Å². The van der Waals surface area contributed by atoms with Crippen molar-refractivity contribution in [3.8, 4) is 0 Å². The first-order chi connectivity index (χ1) is 6.25. The first kappa shape index (κ1) is 11.1. The molecular formula is C11H19NO2. The van der Waals surface area contributed by atoms with Crippen molar-refractivity contribution in [3.05, 3.63) is 12.2 Å². The molecule has 0 unspecified atom stereocenters. The van der Waals surface area contributed by atoms with Crippen molar-refractivity contribution in [1.29, 1.82) is 0 Å². The molecule has 14 heavy (non-hydrogen) atoms. The molecule has 1 N–H and O–H groups in total. The number of amides is 1. The molecule has 1 saturated carbocycles. The Morgan fingerprint density at radius 1 is 1.43 bits per heavy atom. The summed E-state index contributed by atoms with van der Waals surface area (Å²) in [5.41, 5.74) is 0.390. The Balaban J connectivity index is 2.46. The lowest BCUT2D eigenvalue weighted by atomic mass is 10.1. The zero-order chi connectivity index (χ0) is 11.0. The lowest BCUT2D eigenvalue weighted by molar-refractivity contribution is 0.0506. The SMILES string of the molecule is C=C(C)C1(NC(=O)OC(C)(C)C)CC1. The molecule has 0 heterocycles. The fraction of sp³-hybridized carbons (Fsp3) is 0.727. The predicted molar refractivity (Wildman–Crippen MR) is 56.1 cm³/mol. The second kappa shape index (κ2) is 3.30. The van der Waals surface area contributed by atoms with E-state index in [0.29, 0.717) is 0 Å². The first-order valence-electron chi connectivity index (χ1n) is 4.92. The largest absolute Gasteiger partial charge is 0.444 e. The predicted octanol–water partition coefficient (Wildman–Crippen LogP) is 2.62. The molecule has 1 fully saturated rings. The van der Waals surface area contributed by atoms with E-state index >= 15 is 0 Å². The normalized spacial score (nSPS) is 18.6. The van der Waals surface area contributed by atoms with Gasteiger partial charge in [-0.2, -0.15) is 0 Å². The van der Waals surface area contributed by atoms with E-state index in [9.17, 15) is 4.79 Å². The van der Waals surface area contributed by atoms with Crippen molar-refractivity contribution >= 4 is 6.09 Å². The van der Waals surface area contributed by atoms with Gasteiger partial charge < -0.3 is 10.1 Å². The second-order valence-electron chi connectivity index (χ2n) is 4.99. The third kappa shape index (κ3) is 2.76. The molecule has 0 aromatic rings. The fourth-order valence-corrected chi connectivity index (χ4v) is 1.28. The van der Waals surface area contributed by atoms with E-state index in [1.165, 1.54) is 0 Å². The van der Waals surface area contributed by atoms with Gasteiger partial charge in [-0.15, -0.1) is 0 Å². The summed E-state index contributed by atoms with van der Waals surface area (Å²) in [6.45, 7) is 11.4. The molecule has 1 amide bonds. The van der Waals surface area contributed by atoms with E-state index in [-0.39, 0.29) is 11.6 Å². The molecule has 0 bridgehead atoms. The van der Waals surface area contributed by atoms with Crippen molar-refractivity contribution < 1.29 is 9.53 Å². The number of carbonyl (C=O) groups excluding carboxylic acids is 1. The van der Waals surface area contributed by atoms with Gasteiger partial charge in [-0.05, 0) is 40.5 Å². The quantitative estimate of drug-likeness (QED) is 0.691. The molecule has 0 aromatic carbocycles. The van der Waals surface area contributed by atoms with Crippen molar-refractivity contribution in [2.45, 2.75) is 51.7 Å². The number of hydrogen-bond acceptors (Lipinski definition) is 2. The molecule has 3 nitrogen and oxygen atoms in total. The Hall–Kier alpha value is -0.990. The van der Waals surface area contributed by atoms with Crippen LogP contribution in [0, 0.1) is 0 Å². The van der Waals surface area contributed by atoms with Crippen LogP contribution in [0.5, 0.6) is 0 Å². The maximum atomic E-state index is 11.4. The summed E-state index contributed by atoms with van der Waals surface area (Å²) in [6.07, 6.45) is 1.60. The van der Waals surface area contributed by atoms with Gasteiger partial charge in [0.05, 0.1) is 5.54 Å². The summed E-state index contributed by atoms with van der Waals surface area (Å²) in [7, 11) is 0. The Kier molecular flexibility index (Phi) is 2.61. The molecule has 0 aliphatic heterocycles. The van der Waals surface area contributed by atoms with E-state index in [1.807, 2.05) is 27.7 Å². The zero-order valence-corrected chi connectivity index (χ0v) is 9.44. The molecule has 1 rings (SSSR count). The second-order valence-corrected chi connectivity index (χ2v) is 4.99. The molecule has 0 aromatic heterocycles. The molecule has 1 aliphatic carbocycles. The highest BCUT2D eigenvalue weighted by Gasteiger charge is 2.45. The summed E-state index contributed by atoms with van der Waals surface area (Å²) in [6, 6.07) is 0. The Morgan fingerprint density at radius 2 is 1.93 bits per heavy atom. The van der Waals surface area contributed by atoms with Crippen molar-refractivity contribution in [1.82, 2.24) is 5.32 Å². The average molecular weight is 197 g/mol. The van der Waals surface area contributed by atoms with Crippen LogP contribution in [0.25, 0.3) is 0 Å². The summed E-state index contributed by atoms with van der Waals surface area (Å²) in [5, 5.41) is 2.86. The molecule has 0 radical (unpaired) electrons. The van der Waals surface area contributed by atoms with Crippen LogP contribution >= 0.6 is 0 Å².